The number of carboxylic acid groups (broad SMARTS) is 1. The molecule has 0 saturated heterocycles. The first-order valence-electron chi connectivity index (χ1n) is 5.36. The summed E-state index contributed by atoms with van der Waals surface area (Å²) in [5.41, 5.74) is 2.53. The summed E-state index contributed by atoms with van der Waals surface area (Å²) in [6, 6.07) is 1.80. The monoisotopic (exact) mass is 221 g/mol. The Kier molecular flexibility index (Phi) is 6.68. The number of allylic oxidation sites excluding steroid dienone is 1. The summed E-state index contributed by atoms with van der Waals surface area (Å²) in [6.45, 7) is 9.57. The lowest BCUT2D eigenvalue weighted by molar-refractivity contribution is -0.136. The van der Waals surface area contributed by atoms with Gasteiger partial charge in [0.2, 0.25) is 0 Å². The second-order valence-electron chi connectivity index (χ2n) is 2.94. The summed E-state index contributed by atoms with van der Waals surface area (Å²) in [5, 5.41) is 8.61. The lowest BCUT2D eigenvalue weighted by Gasteiger charge is -1.90. The molecule has 0 bridgehead atoms. The first-order valence-corrected chi connectivity index (χ1v) is 5.36. The molecule has 3 heteroatoms. The molecule has 1 aromatic rings. The highest BCUT2D eigenvalue weighted by atomic mass is 16.4. The Balaban J connectivity index is 0.00000106. The maximum absolute atomic E-state index is 10.5. The van der Waals surface area contributed by atoms with Crippen LogP contribution >= 0.6 is 0 Å². The zero-order valence-corrected chi connectivity index (χ0v) is 10.1. The predicted octanol–water partition coefficient (Wildman–Crippen LogP) is 3.34. The van der Waals surface area contributed by atoms with Gasteiger partial charge in [0.25, 0.3) is 0 Å². The number of H-pyrrole nitrogens is 1. The molecule has 0 fully saturated rings. The fraction of sp³-hybridized carbons (Fsp3) is 0.308. The molecule has 0 saturated carbocycles. The quantitative estimate of drug-likeness (QED) is 0.819. The lowest BCUT2D eigenvalue weighted by atomic mass is 10.2. The first-order chi connectivity index (χ1) is 7.67. The Hall–Kier alpha value is -1.77. The van der Waals surface area contributed by atoms with Crippen LogP contribution in [-0.4, -0.2) is 16.1 Å². The molecule has 1 heterocycles. The molecular formula is C13H19NO2. The van der Waals surface area contributed by atoms with E-state index in [4.69, 9.17) is 5.11 Å². The average Bonchev–Trinajstić information content (AvgIpc) is 2.63. The van der Waals surface area contributed by atoms with Crippen molar-refractivity contribution < 1.29 is 9.90 Å². The van der Waals surface area contributed by atoms with Crippen molar-refractivity contribution in [1.82, 2.24) is 4.98 Å². The number of carbonyl (C=O) groups is 1. The zero-order chi connectivity index (χ0) is 12.6. The Morgan fingerprint density at radius 3 is 2.62 bits per heavy atom. The van der Waals surface area contributed by atoms with Crippen LogP contribution in [0.25, 0.3) is 12.2 Å². The van der Waals surface area contributed by atoms with Crippen molar-refractivity contribution in [2.45, 2.75) is 27.2 Å². The highest BCUT2D eigenvalue weighted by molar-refractivity contribution is 5.71. The fourth-order valence-corrected chi connectivity index (χ4v) is 1.28. The maximum atomic E-state index is 10.5. The molecule has 3 nitrogen and oxygen atoms in total. The summed E-state index contributed by atoms with van der Waals surface area (Å²) >= 11 is 0. The summed E-state index contributed by atoms with van der Waals surface area (Å²) in [6.07, 6.45) is 5.50. The number of carboxylic acids is 1. The molecule has 0 aliphatic heterocycles. The highest BCUT2D eigenvalue weighted by Crippen LogP contribution is 2.14. The van der Waals surface area contributed by atoms with Crippen molar-refractivity contribution in [3.63, 3.8) is 0 Å². The van der Waals surface area contributed by atoms with Crippen molar-refractivity contribution in [3.05, 3.63) is 35.7 Å². The number of aromatic amines is 1. The number of aromatic nitrogens is 1. The number of hydrogen-bond donors (Lipinski definition) is 2. The Morgan fingerprint density at radius 2 is 2.19 bits per heavy atom. The Morgan fingerprint density at radius 1 is 1.56 bits per heavy atom. The van der Waals surface area contributed by atoms with Gasteiger partial charge in [-0.25, -0.2) is 0 Å². The second-order valence-corrected chi connectivity index (χ2v) is 2.94. The standard InChI is InChI=1S/C11H13NO2.C2H6/c1-3-5-10-8(4-2)6-9(12-10)7-11(13)14;1-2/h3-6,12H,2,7H2,1H3,(H,13,14);1-2H3/b5-3-;. The highest BCUT2D eigenvalue weighted by Gasteiger charge is 2.05. The third-order valence-electron chi connectivity index (χ3n) is 1.83. The normalized spacial score (nSPS) is 9.69. The van der Waals surface area contributed by atoms with E-state index in [1.54, 1.807) is 12.1 Å². The van der Waals surface area contributed by atoms with Gasteiger partial charge in [-0.15, -0.1) is 0 Å². The molecule has 0 aromatic carbocycles. The van der Waals surface area contributed by atoms with Crippen LogP contribution in [0, 0.1) is 0 Å². The molecule has 0 amide bonds. The van der Waals surface area contributed by atoms with Gasteiger partial charge in [0, 0.05) is 11.4 Å². The van der Waals surface area contributed by atoms with Crippen molar-refractivity contribution in [2.75, 3.05) is 0 Å². The molecule has 0 radical (unpaired) electrons. The van der Waals surface area contributed by atoms with Crippen LogP contribution in [0.4, 0.5) is 0 Å². The molecule has 88 valence electrons. The van der Waals surface area contributed by atoms with Gasteiger partial charge in [-0.3, -0.25) is 4.79 Å². The van der Waals surface area contributed by atoms with E-state index in [-0.39, 0.29) is 6.42 Å². The van der Waals surface area contributed by atoms with Gasteiger partial charge in [-0.05, 0) is 24.6 Å². The lowest BCUT2D eigenvalue weighted by Crippen LogP contribution is -1.99. The van der Waals surface area contributed by atoms with Crippen molar-refractivity contribution in [3.8, 4) is 0 Å². The van der Waals surface area contributed by atoms with Gasteiger partial charge in [0.05, 0.1) is 6.42 Å². The van der Waals surface area contributed by atoms with Gasteiger partial charge in [-0.1, -0.05) is 32.6 Å². The minimum absolute atomic E-state index is 0.0123. The third-order valence-corrected chi connectivity index (χ3v) is 1.83. The third kappa shape index (κ3) is 4.17. The fourth-order valence-electron chi connectivity index (χ4n) is 1.28. The Labute approximate surface area is 96.5 Å². The van der Waals surface area contributed by atoms with Crippen LogP contribution in [0.15, 0.2) is 18.7 Å². The van der Waals surface area contributed by atoms with Crippen LogP contribution in [0.1, 0.15) is 37.7 Å². The smallest absolute Gasteiger partial charge is 0.309 e. The van der Waals surface area contributed by atoms with Gasteiger partial charge in [0.1, 0.15) is 0 Å². The molecule has 0 atom stereocenters. The van der Waals surface area contributed by atoms with Gasteiger partial charge in [-0.2, -0.15) is 0 Å². The largest absolute Gasteiger partial charge is 0.481 e. The molecular weight excluding hydrogens is 202 g/mol. The summed E-state index contributed by atoms with van der Waals surface area (Å²) in [5.74, 6) is -0.839. The number of nitrogens with one attached hydrogen (secondary N) is 1. The summed E-state index contributed by atoms with van der Waals surface area (Å²) in [4.78, 5) is 13.5. The molecule has 0 aliphatic carbocycles. The van der Waals surface area contributed by atoms with Crippen LogP contribution in [0.3, 0.4) is 0 Å². The minimum Gasteiger partial charge on any atom is -0.481 e. The molecule has 1 aromatic heterocycles. The van der Waals surface area contributed by atoms with E-state index >= 15 is 0 Å². The van der Waals surface area contributed by atoms with Crippen molar-refractivity contribution in [1.29, 1.82) is 0 Å². The number of hydrogen-bond acceptors (Lipinski definition) is 1. The van der Waals surface area contributed by atoms with E-state index in [0.29, 0.717) is 5.69 Å². The SMILES string of the molecule is C=Cc1cc(CC(=O)O)[nH]c1/C=C\C.CC. The number of rotatable bonds is 4. The Bertz CT molecular complexity index is 375. The second kappa shape index (κ2) is 7.51. The van der Waals surface area contributed by atoms with Gasteiger partial charge < -0.3 is 10.1 Å². The van der Waals surface area contributed by atoms with E-state index in [1.165, 1.54) is 0 Å². The van der Waals surface area contributed by atoms with Crippen molar-refractivity contribution in [2.24, 2.45) is 0 Å². The summed E-state index contributed by atoms with van der Waals surface area (Å²) < 4.78 is 0. The summed E-state index contributed by atoms with van der Waals surface area (Å²) in [7, 11) is 0. The molecule has 0 unspecified atom stereocenters. The average molecular weight is 221 g/mol. The van der Waals surface area contributed by atoms with Crippen LogP contribution in [-0.2, 0) is 11.2 Å². The molecule has 16 heavy (non-hydrogen) atoms. The van der Waals surface area contributed by atoms with E-state index in [2.05, 4.69) is 11.6 Å². The van der Waals surface area contributed by atoms with Gasteiger partial charge >= 0.3 is 5.97 Å². The van der Waals surface area contributed by atoms with E-state index in [1.807, 2.05) is 32.9 Å². The van der Waals surface area contributed by atoms with E-state index in [0.717, 1.165) is 11.3 Å². The maximum Gasteiger partial charge on any atom is 0.309 e. The van der Waals surface area contributed by atoms with E-state index in [9.17, 15) is 4.79 Å². The van der Waals surface area contributed by atoms with Crippen molar-refractivity contribution >= 4 is 18.1 Å². The van der Waals surface area contributed by atoms with Gasteiger partial charge in [0.15, 0.2) is 0 Å². The number of aliphatic carboxylic acids is 1. The van der Waals surface area contributed by atoms with Crippen LogP contribution in [0.2, 0.25) is 0 Å². The van der Waals surface area contributed by atoms with Crippen LogP contribution in [0.5, 0.6) is 0 Å². The zero-order valence-electron chi connectivity index (χ0n) is 10.1. The topological polar surface area (TPSA) is 53.1 Å². The molecule has 0 aliphatic rings. The molecule has 0 spiro atoms. The minimum atomic E-state index is -0.839. The molecule has 2 N–H and O–H groups in total. The molecule has 1 rings (SSSR count). The van der Waals surface area contributed by atoms with Crippen LogP contribution < -0.4 is 0 Å². The van der Waals surface area contributed by atoms with E-state index < -0.39 is 5.97 Å². The first kappa shape index (κ1) is 14.2. The predicted molar refractivity (Wildman–Crippen MR) is 68.3 cm³/mol.